The van der Waals surface area contributed by atoms with Gasteiger partial charge in [0.1, 0.15) is 5.76 Å². The van der Waals surface area contributed by atoms with E-state index in [0.717, 1.165) is 24.5 Å². The predicted molar refractivity (Wildman–Crippen MR) is 90.4 cm³/mol. The number of nitrogens with zero attached hydrogens (tertiary/aromatic N) is 3. The molecule has 0 amide bonds. The molecule has 0 saturated carbocycles. The van der Waals surface area contributed by atoms with Crippen LogP contribution >= 0.6 is 0 Å². The Labute approximate surface area is 136 Å². The van der Waals surface area contributed by atoms with E-state index < -0.39 is 0 Å². The summed E-state index contributed by atoms with van der Waals surface area (Å²) in [7, 11) is 4.13. The summed E-state index contributed by atoms with van der Waals surface area (Å²) in [4.78, 5) is 6.23. The molecule has 5 nitrogen and oxygen atoms in total. The lowest BCUT2D eigenvalue weighted by molar-refractivity contribution is 0.250. The van der Waals surface area contributed by atoms with Crippen molar-refractivity contribution in [3.8, 4) is 5.69 Å². The third-order valence-corrected chi connectivity index (χ3v) is 3.90. The van der Waals surface area contributed by atoms with Gasteiger partial charge in [-0.3, -0.25) is 4.90 Å². The molecule has 0 saturated heterocycles. The smallest absolute Gasteiger partial charge is 0.122 e. The van der Waals surface area contributed by atoms with Gasteiger partial charge in [0, 0.05) is 31.2 Å². The fraction of sp³-hybridized carbons (Fsp3) is 0.278. The standard InChI is InChI=1S/C18H22N4O/c1-21(2)17(18-4-3-11-23-18)13-20-12-15-5-7-16(8-6-15)22-10-9-19-14-22/h3-11,14,17,20H,12-13H2,1-2H3. The molecule has 0 spiro atoms. The Morgan fingerprint density at radius 3 is 2.65 bits per heavy atom. The number of aromatic nitrogens is 2. The second-order valence-corrected chi connectivity index (χ2v) is 5.76. The first-order valence-electron chi connectivity index (χ1n) is 7.72. The van der Waals surface area contributed by atoms with Crippen LogP contribution < -0.4 is 5.32 Å². The van der Waals surface area contributed by atoms with Crippen LogP contribution in [0, 0.1) is 0 Å². The number of imidazole rings is 1. The van der Waals surface area contributed by atoms with Gasteiger partial charge in [0.25, 0.3) is 0 Å². The van der Waals surface area contributed by atoms with Crippen LogP contribution in [0.15, 0.2) is 65.8 Å². The second-order valence-electron chi connectivity index (χ2n) is 5.76. The number of hydrogen-bond acceptors (Lipinski definition) is 4. The highest BCUT2D eigenvalue weighted by molar-refractivity contribution is 5.34. The summed E-state index contributed by atoms with van der Waals surface area (Å²) in [6, 6.07) is 12.7. The number of benzene rings is 1. The first-order chi connectivity index (χ1) is 11.2. The highest BCUT2D eigenvalue weighted by atomic mass is 16.3. The molecule has 1 atom stereocenters. The van der Waals surface area contributed by atoms with Gasteiger partial charge >= 0.3 is 0 Å². The van der Waals surface area contributed by atoms with Crippen molar-refractivity contribution in [2.75, 3.05) is 20.6 Å². The molecule has 2 aromatic heterocycles. The van der Waals surface area contributed by atoms with Gasteiger partial charge in [0.2, 0.25) is 0 Å². The molecule has 23 heavy (non-hydrogen) atoms. The lowest BCUT2D eigenvalue weighted by atomic mass is 10.1. The largest absolute Gasteiger partial charge is 0.468 e. The van der Waals surface area contributed by atoms with E-state index in [2.05, 4.69) is 53.6 Å². The van der Waals surface area contributed by atoms with Crippen LogP contribution in [0.3, 0.4) is 0 Å². The highest BCUT2D eigenvalue weighted by Gasteiger charge is 2.16. The molecule has 120 valence electrons. The van der Waals surface area contributed by atoms with Crippen LogP contribution in [0.4, 0.5) is 0 Å². The van der Waals surface area contributed by atoms with Crippen molar-refractivity contribution in [2.45, 2.75) is 12.6 Å². The zero-order valence-corrected chi connectivity index (χ0v) is 13.5. The minimum Gasteiger partial charge on any atom is -0.468 e. The summed E-state index contributed by atoms with van der Waals surface area (Å²) in [5.41, 5.74) is 2.37. The third kappa shape index (κ3) is 3.88. The van der Waals surface area contributed by atoms with E-state index in [-0.39, 0.29) is 6.04 Å². The molecule has 2 heterocycles. The molecule has 0 aliphatic rings. The number of nitrogens with one attached hydrogen (secondary N) is 1. The quantitative estimate of drug-likeness (QED) is 0.729. The summed E-state index contributed by atoms with van der Waals surface area (Å²) >= 11 is 0. The molecule has 3 aromatic rings. The maximum absolute atomic E-state index is 5.53. The average molecular weight is 310 g/mol. The van der Waals surface area contributed by atoms with Gasteiger partial charge in [-0.25, -0.2) is 4.98 Å². The maximum Gasteiger partial charge on any atom is 0.122 e. The first kappa shape index (κ1) is 15.5. The molecular formula is C18H22N4O. The van der Waals surface area contributed by atoms with E-state index in [4.69, 9.17) is 4.42 Å². The number of hydrogen-bond donors (Lipinski definition) is 1. The molecule has 0 aliphatic heterocycles. The van der Waals surface area contributed by atoms with Crippen LogP contribution in [-0.2, 0) is 6.54 Å². The van der Waals surface area contributed by atoms with Gasteiger partial charge < -0.3 is 14.3 Å². The molecule has 3 rings (SSSR count). The van der Waals surface area contributed by atoms with Crippen LogP contribution in [0.2, 0.25) is 0 Å². The summed E-state index contributed by atoms with van der Waals surface area (Å²) in [6.07, 6.45) is 7.25. The Kier molecular flexibility index (Phi) is 4.90. The molecule has 1 aromatic carbocycles. The number of rotatable bonds is 7. The average Bonchev–Trinajstić information content (AvgIpc) is 3.25. The highest BCUT2D eigenvalue weighted by Crippen LogP contribution is 2.17. The SMILES string of the molecule is CN(C)C(CNCc1ccc(-n2ccnc2)cc1)c1ccco1. The first-order valence-corrected chi connectivity index (χ1v) is 7.72. The maximum atomic E-state index is 5.53. The van der Waals surface area contributed by atoms with E-state index >= 15 is 0 Å². The fourth-order valence-electron chi connectivity index (χ4n) is 2.57. The van der Waals surface area contributed by atoms with E-state index in [1.807, 2.05) is 22.9 Å². The van der Waals surface area contributed by atoms with Gasteiger partial charge in [-0.05, 0) is 43.9 Å². The van der Waals surface area contributed by atoms with Crippen LogP contribution in [0.25, 0.3) is 5.69 Å². The minimum absolute atomic E-state index is 0.232. The van der Waals surface area contributed by atoms with Crippen molar-refractivity contribution in [3.63, 3.8) is 0 Å². The zero-order valence-electron chi connectivity index (χ0n) is 13.5. The fourth-order valence-corrected chi connectivity index (χ4v) is 2.57. The molecular weight excluding hydrogens is 288 g/mol. The van der Waals surface area contributed by atoms with Crippen molar-refractivity contribution < 1.29 is 4.42 Å². The summed E-state index contributed by atoms with van der Waals surface area (Å²) in [6.45, 7) is 1.67. The Morgan fingerprint density at radius 2 is 2.04 bits per heavy atom. The van der Waals surface area contributed by atoms with E-state index in [1.165, 1.54) is 5.56 Å². The van der Waals surface area contributed by atoms with Crippen molar-refractivity contribution in [2.24, 2.45) is 0 Å². The van der Waals surface area contributed by atoms with E-state index in [0.29, 0.717) is 0 Å². The van der Waals surface area contributed by atoms with E-state index in [9.17, 15) is 0 Å². The normalized spacial score (nSPS) is 12.7. The molecule has 0 bridgehead atoms. The van der Waals surface area contributed by atoms with Crippen LogP contribution in [0.5, 0.6) is 0 Å². The molecule has 0 aliphatic carbocycles. The van der Waals surface area contributed by atoms with Crippen LogP contribution in [-0.4, -0.2) is 35.1 Å². The van der Waals surface area contributed by atoms with Gasteiger partial charge in [-0.1, -0.05) is 12.1 Å². The summed E-state index contributed by atoms with van der Waals surface area (Å²) < 4.78 is 7.52. The van der Waals surface area contributed by atoms with Gasteiger partial charge in [0.05, 0.1) is 18.6 Å². The Hall–Kier alpha value is -2.37. The van der Waals surface area contributed by atoms with Gasteiger partial charge in [-0.2, -0.15) is 0 Å². The molecule has 0 fully saturated rings. The summed E-state index contributed by atoms with van der Waals surface area (Å²) in [5, 5.41) is 3.50. The monoisotopic (exact) mass is 310 g/mol. The Bertz CT molecular complexity index is 687. The number of furan rings is 1. The summed E-state index contributed by atoms with van der Waals surface area (Å²) in [5.74, 6) is 0.984. The van der Waals surface area contributed by atoms with Crippen LogP contribution in [0.1, 0.15) is 17.4 Å². The molecule has 0 radical (unpaired) electrons. The predicted octanol–water partition coefficient (Wildman–Crippen LogP) is 2.86. The van der Waals surface area contributed by atoms with Crippen molar-refractivity contribution in [1.82, 2.24) is 19.8 Å². The molecule has 5 heteroatoms. The molecule has 1 N–H and O–H groups in total. The van der Waals surface area contributed by atoms with Crippen molar-refractivity contribution in [3.05, 3.63) is 72.7 Å². The second kappa shape index (κ2) is 7.26. The Morgan fingerprint density at radius 1 is 1.22 bits per heavy atom. The van der Waals surface area contributed by atoms with Gasteiger partial charge in [-0.15, -0.1) is 0 Å². The van der Waals surface area contributed by atoms with Crippen molar-refractivity contribution in [1.29, 1.82) is 0 Å². The minimum atomic E-state index is 0.232. The van der Waals surface area contributed by atoms with Crippen molar-refractivity contribution >= 4 is 0 Å². The number of likely N-dealkylation sites (N-methyl/N-ethyl adjacent to an activating group) is 1. The third-order valence-electron chi connectivity index (χ3n) is 3.90. The topological polar surface area (TPSA) is 46.2 Å². The molecule has 1 unspecified atom stereocenters. The Balaban J connectivity index is 1.56. The van der Waals surface area contributed by atoms with Gasteiger partial charge in [0.15, 0.2) is 0 Å². The lowest BCUT2D eigenvalue weighted by Crippen LogP contribution is -2.30. The lowest BCUT2D eigenvalue weighted by Gasteiger charge is -2.22. The zero-order chi connectivity index (χ0) is 16.1. The van der Waals surface area contributed by atoms with E-state index in [1.54, 1.807) is 18.8 Å².